The largest absolute Gasteiger partial charge is 0.396 e. The quantitative estimate of drug-likeness (QED) is 0.922. The van der Waals surface area contributed by atoms with E-state index in [1.54, 1.807) is 7.05 Å². The van der Waals surface area contributed by atoms with Crippen molar-refractivity contribution in [2.24, 2.45) is 12.5 Å². The summed E-state index contributed by atoms with van der Waals surface area (Å²) < 4.78 is 1.49. The van der Waals surface area contributed by atoms with Crippen LogP contribution in [-0.2, 0) is 13.5 Å². The van der Waals surface area contributed by atoms with E-state index in [0.29, 0.717) is 18.8 Å². The van der Waals surface area contributed by atoms with Gasteiger partial charge in [-0.15, -0.1) is 5.10 Å². The summed E-state index contributed by atoms with van der Waals surface area (Å²) in [6.07, 6.45) is 4.09. The molecule has 0 bridgehead atoms. The van der Waals surface area contributed by atoms with E-state index in [2.05, 4.69) is 22.4 Å². The number of carbonyl (C=O) groups is 1. The van der Waals surface area contributed by atoms with E-state index < -0.39 is 0 Å². The van der Waals surface area contributed by atoms with Crippen molar-refractivity contribution in [3.8, 4) is 0 Å². The summed E-state index contributed by atoms with van der Waals surface area (Å²) in [5, 5.41) is 17.6. The highest BCUT2D eigenvalue weighted by Crippen LogP contribution is 2.33. The summed E-state index contributed by atoms with van der Waals surface area (Å²) in [6, 6.07) is 10.1. The molecule has 0 spiro atoms. The maximum Gasteiger partial charge on any atom is 0.273 e. The molecule has 1 aliphatic heterocycles. The molecule has 1 aromatic carbocycles. The van der Waals surface area contributed by atoms with Gasteiger partial charge in [0, 0.05) is 25.6 Å². The number of aromatic nitrogens is 3. The second-order valence-corrected chi connectivity index (χ2v) is 6.39. The Bertz CT molecular complexity index is 670. The lowest BCUT2D eigenvalue weighted by molar-refractivity contribution is 0.0265. The number of hydrogen-bond acceptors (Lipinski definition) is 4. The molecule has 23 heavy (non-hydrogen) atoms. The van der Waals surface area contributed by atoms with Crippen LogP contribution in [0.3, 0.4) is 0 Å². The van der Waals surface area contributed by atoms with Gasteiger partial charge < -0.3 is 10.0 Å². The predicted octanol–water partition coefficient (Wildman–Crippen LogP) is 1.27. The van der Waals surface area contributed by atoms with Gasteiger partial charge in [-0.3, -0.25) is 4.79 Å². The maximum atomic E-state index is 12.7. The molecule has 122 valence electrons. The van der Waals surface area contributed by atoms with Crippen molar-refractivity contribution in [3.05, 3.63) is 47.8 Å². The number of aliphatic hydroxyl groups is 1. The van der Waals surface area contributed by atoms with Gasteiger partial charge in [0.1, 0.15) is 5.69 Å². The Balaban J connectivity index is 1.78. The SMILES string of the molecule is Cn1nncc1C(=O)N1CCCC(CO)(Cc2ccccc2)C1. The third-order valence-electron chi connectivity index (χ3n) is 4.64. The zero-order valence-corrected chi connectivity index (χ0v) is 13.4. The number of aryl methyl sites for hydroxylation is 1. The number of nitrogens with zero attached hydrogens (tertiary/aromatic N) is 4. The summed E-state index contributed by atoms with van der Waals surface area (Å²) in [5.41, 5.74) is 1.40. The molecule has 1 N–H and O–H groups in total. The van der Waals surface area contributed by atoms with E-state index in [-0.39, 0.29) is 17.9 Å². The fourth-order valence-electron chi connectivity index (χ4n) is 3.38. The molecule has 1 aromatic heterocycles. The van der Waals surface area contributed by atoms with Crippen molar-refractivity contribution >= 4 is 5.91 Å². The minimum absolute atomic E-state index is 0.0666. The van der Waals surface area contributed by atoms with Crippen LogP contribution in [-0.4, -0.2) is 50.6 Å². The number of carbonyl (C=O) groups excluding carboxylic acids is 1. The lowest BCUT2D eigenvalue weighted by atomic mass is 9.75. The smallest absolute Gasteiger partial charge is 0.273 e. The number of hydrogen-bond donors (Lipinski definition) is 1. The van der Waals surface area contributed by atoms with Crippen molar-refractivity contribution in [1.82, 2.24) is 19.9 Å². The molecular weight excluding hydrogens is 292 g/mol. The first-order valence-corrected chi connectivity index (χ1v) is 7.92. The van der Waals surface area contributed by atoms with Crippen LogP contribution in [0.1, 0.15) is 28.9 Å². The molecule has 1 atom stereocenters. The third-order valence-corrected chi connectivity index (χ3v) is 4.64. The van der Waals surface area contributed by atoms with Crippen LogP contribution in [0.5, 0.6) is 0 Å². The van der Waals surface area contributed by atoms with Gasteiger partial charge in [0.2, 0.25) is 0 Å². The molecule has 2 heterocycles. The molecule has 3 rings (SSSR count). The highest BCUT2D eigenvalue weighted by Gasteiger charge is 2.37. The summed E-state index contributed by atoms with van der Waals surface area (Å²) in [5.74, 6) is -0.0666. The second-order valence-electron chi connectivity index (χ2n) is 6.39. The zero-order valence-electron chi connectivity index (χ0n) is 13.4. The van der Waals surface area contributed by atoms with E-state index in [0.717, 1.165) is 19.3 Å². The fourth-order valence-corrected chi connectivity index (χ4v) is 3.38. The third kappa shape index (κ3) is 3.27. The normalized spacial score (nSPS) is 21.4. The summed E-state index contributed by atoms with van der Waals surface area (Å²) in [6.45, 7) is 1.35. The van der Waals surface area contributed by atoms with E-state index in [1.807, 2.05) is 23.1 Å². The average Bonchev–Trinajstić information content (AvgIpc) is 3.01. The molecule has 0 saturated carbocycles. The van der Waals surface area contributed by atoms with Crippen LogP contribution < -0.4 is 0 Å². The van der Waals surface area contributed by atoms with Crippen LogP contribution in [0.25, 0.3) is 0 Å². The highest BCUT2D eigenvalue weighted by molar-refractivity contribution is 5.92. The van der Waals surface area contributed by atoms with E-state index in [1.165, 1.54) is 16.4 Å². The molecule has 6 nitrogen and oxygen atoms in total. The number of amides is 1. The monoisotopic (exact) mass is 314 g/mol. The lowest BCUT2D eigenvalue weighted by Crippen LogP contribution is -2.49. The molecule has 6 heteroatoms. The minimum atomic E-state index is -0.277. The van der Waals surface area contributed by atoms with Crippen molar-refractivity contribution in [2.75, 3.05) is 19.7 Å². The van der Waals surface area contributed by atoms with Crippen molar-refractivity contribution < 1.29 is 9.90 Å². The number of benzene rings is 1. The standard InChI is InChI=1S/C17H22N4O2/c1-20-15(11-18-19-20)16(23)21-9-5-8-17(12-21,13-22)10-14-6-3-2-4-7-14/h2-4,6-7,11,22H,5,8-10,12-13H2,1H3. The van der Waals surface area contributed by atoms with Crippen LogP contribution >= 0.6 is 0 Å². The molecule has 0 aliphatic carbocycles. The van der Waals surface area contributed by atoms with Crippen LogP contribution in [0.15, 0.2) is 36.5 Å². The fraction of sp³-hybridized carbons (Fsp3) is 0.471. The van der Waals surface area contributed by atoms with E-state index in [4.69, 9.17) is 0 Å². The van der Waals surface area contributed by atoms with Crippen molar-refractivity contribution in [2.45, 2.75) is 19.3 Å². The van der Waals surface area contributed by atoms with Gasteiger partial charge in [0.25, 0.3) is 5.91 Å². The summed E-state index contributed by atoms with van der Waals surface area (Å²) in [4.78, 5) is 14.5. The molecule has 1 saturated heterocycles. The first-order chi connectivity index (χ1) is 11.1. The minimum Gasteiger partial charge on any atom is -0.396 e. The first kappa shape index (κ1) is 15.7. The molecule has 2 aromatic rings. The Morgan fingerprint density at radius 2 is 2.13 bits per heavy atom. The van der Waals surface area contributed by atoms with Gasteiger partial charge >= 0.3 is 0 Å². The van der Waals surface area contributed by atoms with Crippen molar-refractivity contribution in [3.63, 3.8) is 0 Å². The number of likely N-dealkylation sites (tertiary alicyclic amines) is 1. The highest BCUT2D eigenvalue weighted by atomic mass is 16.3. The van der Waals surface area contributed by atoms with Gasteiger partial charge in [-0.05, 0) is 24.8 Å². The van der Waals surface area contributed by atoms with Gasteiger partial charge in [0.15, 0.2) is 0 Å². The first-order valence-electron chi connectivity index (χ1n) is 7.92. The molecule has 1 fully saturated rings. The van der Waals surface area contributed by atoms with Crippen LogP contribution in [0.2, 0.25) is 0 Å². The lowest BCUT2D eigenvalue weighted by Gasteiger charge is -2.42. The zero-order chi connectivity index (χ0) is 16.3. The Hall–Kier alpha value is -2.21. The Morgan fingerprint density at radius 1 is 1.35 bits per heavy atom. The van der Waals surface area contributed by atoms with Gasteiger partial charge in [-0.25, -0.2) is 4.68 Å². The summed E-state index contributed by atoms with van der Waals surface area (Å²) in [7, 11) is 1.72. The molecular formula is C17H22N4O2. The number of aliphatic hydroxyl groups excluding tert-OH is 1. The Morgan fingerprint density at radius 3 is 2.78 bits per heavy atom. The predicted molar refractivity (Wildman–Crippen MR) is 85.8 cm³/mol. The second kappa shape index (κ2) is 6.50. The topological polar surface area (TPSA) is 71.2 Å². The molecule has 1 unspecified atom stereocenters. The van der Waals surface area contributed by atoms with E-state index in [9.17, 15) is 9.90 Å². The van der Waals surface area contributed by atoms with Gasteiger partial charge in [-0.1, -0.05) is 35.5 Å². The maximum absolute atomic E-state index is 12.7. The van der Waals surface area contributed by atoms with Gasteiger partial charge in [0.05, 0.1) is 12.8 Å². The average molecular weight is 314 g/mol. The molecule has 0 radical (unpaired) electrons. The molecule has 1 aliphatic rings. The van der Waals surface area contributed by atoms with Crippen LogP contribution in [0, 0.1) is 5.41 Å². The van der Waals surface area contributed by atoms with Crippen LogP contribution in [0.4, 0.5) is 0 Å². The molecule has 1 amide bonds. The Labute approximate surface area is 135 Å². The van der Waals surface area contributed by atoms with Gasteiger partial charge in [-0.2, -0.15) is 0 Å². The number of piperidine rings is 1. The van der Waals surface area contributed by atoms with E-state index >= 15 is 0 Å². The number of rotatable bonds is 4. The van der Waals surface area contributed by atoms with Crippen molar-refractivity contribution in [1.29, 1.82) is 0 Å². The summed E-state index contributed by atoms with van der Waals surface area (Å²) >= 11 is 0. The Kier molecular flexibility index (Phi) is 4.43.